The van der Waals surface area contributed by atoms with E-state index in [-0.39, 0.29) is 5.91 Å². The molecule has 1 amide bonds. The number of carbonyl (C=O) groups excluding carboxylic acids is 1. The van der Waals surface area contributed by atoms with Crippen LogP contribution in [0.2, 0.25) is 10.0 Å². The maximum Gasteiger partial charge on any atom is 0.217 e. The number of carbonyl (C=O) groups is 1. The van der Waals surface area contributed by atoms with Crippen LogP contribution in [0.3, 0.4) is 0 Å². The molecular weight excluding hydrogens is 271 g/mol. The first-order valence-corrected chi connectivity index (χ1v) is 6.34. The topological polar surface area (TPSA) is 56.0 Å². The highest BCUT2D eigenvalue weighted by Gasteiger charge is 2.07. The minimum absolute atomic E-state index is 0.303. The second kappa shape index (κ2) is 5.55. The van der Waals surface area contributed by atoms with Crippen molar-refractivity contribution in [3.05, 3.63) is 40.0 Å². The predicted molar refractivity (Wildman–Crippen MR) is 73.9 cm³/mol. The molecular formula is C13H12Cl2N2O. The van der Waals surface area contributed by atoms with Gasteiger partial charge in [0.25, 0.3) is 0 Å². The molecule has 0 radical (unpaired) electrons. The van der Waals surface area contributed by atoms with Crippen molar-refractivity contribution in [2.75, 3.05) is 0 Å². The molecule has 94 valence electrons. The van der Waals surface area contributed by atoms with Crippen LogP contribution in [0.25, 0.3) is 10.9 Å². The summed E-state index contributed by atoms with van der Waals surface area (Å²) in [6.45, 7) is 0. The summed E-state index contributed by atoms with van der Waals surface area (Å²) in [7, 11) is 0. The van der Waals surface area contributed by atoms with Crippen LogP contribution in [0, 0.1) is 0 Å². The molecule has 2 rings (SSSR count). The third-order valence-electron chi connectivity index (χ3n) is 2.71. The van der Waals surface area contributed by atoms with E-state index in [1.807, 2.05) is 6.07 Å². The zero-order valence-corrected chi connectivity index (χ0v) is 11.1. The van der Waals surface area contributed by atoms with E-state index in [4.69, 9.17) is 28.9 Å². The van der Waals surface area contributed by atoms with Gasteiger partial charge in [0.15, 0.2) is 0 Å². The van der Waals surface area contributed by atoms with Crippen molar-refractivity contribution in [1.82, 2.24) is 4.98 Å². The number of hydrogen-bond donors (Lipinski definition) is 1. The molecule has 18 heavy (non-hydrogen) atoms. The van der Waals surface area contributed by atoms with E-state index in [0.717, 1.165) is 16.5 Å². The SMILES string of the molecule is NC(=O)CCCc1cnc2ccc(Cl)cc2c1Cl. The van der Waals surface area contributed by atoms with Gasteiger partial charge in [-0.25, -0.2) is 0 Å². The normalized spacial score (nSPS) is 10.8. The molecule has 2 N–H and O–H groups in total. The summed E-state index contributed by atoms with van der Waals surface area (Å²) in [5, 5.41) is 2.10. The molecule has 0 saturated carbocycles. The molecule has 0 unspecified atom stereocenters. The summed E-state index contributed by atoms with van der Waals surface area (Å²) < 4.78 is 0. The number of benzene rings is 1. The molecule has 2 aromatic rings. The summed E-state index contributed by atoms with van der Waals surface area (Å²) in [6.07, 6.45) is 3.43. The summed E-state index contributed by atoms with van der Waals surface area (Å²) in [4.78, 5) is 15.0. The van der Waals surface area contributed by atoms with Gasteiger partial charge >= 0.3 is 0 Å². The second-order valence-electron chi connectivity index (χ2n) is 4.08. The molecule has 0 saturated heterocycles. The van der Waals surface area contributed by atoms with E-state index in [2.05, 4.69) is 4.98 Å². The van der Waals surface area contributed by atoms with E-state index < -0.39 is 0 Å². The van der Waals surface area contributed by atoms with Crippen molar-refractivity contribution in [3.8, 4) is 0 Å². The zero-order chi connectivity index (χ0) is 13.1. The Morgan fingerprint density at radius 1 is 1.33 bits per heavy atom. The van der Waals surface area contributed by atoms with Crippen LogP contribution in [-0.2, 0) is 11.2 Å². The lowest BCUT2D eigenvalue weighted by atomic mass is 10.1. The standard InChI is InChI=1S/C13H12Cl2N2O/c14-9-4-5-11-10(6-9)13(15)8(7-17-11)2-1-3-12(16)18/h4-7H,1-3H2,(H2,16,18). The summed E-state index contributed by atoms with van der Waals surface area (Å²) >= 11 is 12.3. The van der Waals surface area contributed by atoms with Gasteiger partial charge in [-0.2, -0.15) is 0 Å². The molecule has 5 heteroatoms. The van der Waals surface area contributed by atoms with Crippen LogP contribution in [0.1, 0.15) is 18.4 Å². The van der Waals surface area contributed by atoms with Crippen LogP contribution >= 0.6 is 23.2 Å². The first kappa shape index (κ1) is 13.1. The third-order valence-corrected chi connectivity index (χ3v) is 3.39. The summed E-state index contributed by atoms with van der Waals surface area (Å²) in [5.41, 5.74) is 6.82. The van der Waals surface area contributed by atoms with Gasteiger partial charge in [0.1, 0.15) is 0 Å². The van der Waals surface area contributed by atoms with E-state index in [0.29, 0.717) is 29.3 Å². The Hall–Kier alpha value is -1.32. The lowest BCUT2D eigenvalue weighted by molar-refractivity contribution is -0.118. The Balaban J connectivity index is 2.29. The molecule has 0 fully saturated rings. The van der Waals surface area contributed by atoms with Crippen molar-refractivity contribution in [2.24, 2.45) is 5.73 Å². The van der Waals surface area contributed by atoms with Crippen LogP contribution in [0.5, 0.6) is 0 Å². The van der Waals surface area contributed by atoms with Crippen molar-refractivity contribution in [3.63, 3.8) is 0 Å². The Kier molecular flexibility index (Phi) is 4.04. The minimum atomic E-state index is -0.303. The molecule has 0 spiro atoms. The van der Waals surface area contributed by atoms with Crippen LogP contribution < -0.4 is 5.73 Å². The Bertz CT molecular complexity index is 599. The van der Waals surface area contributed by atoms with Crippen molar-refractivity contribution in [2.45, 2.75) is 19.3 Å². The first-order valence-electron chi connectivity index (χ1n) is 5.59. The number of nitrogens with two attached hydrogens (primary N) is 1. The van der Waals surface area contributed by atoms with Gasteiger partial charge in [-0.05, 0) is 36.6 Å². The lowest BCUT2D eigenvalue weighted by Gasteiger charge is -2.07. The highest BCUT2D eigenvalue weighted by Crippen LogP contribution is 2.28. The highest BCUT2D eigenvalue weighted by molar-refractivity contribution is 6.37. The second-order valence-corrected chi connectivity index (χ2v) is 4.89. The number of hydrogen-bond acceptors (Lipinski definition) is 2. The number of halogens is 2. The maximum atomic E-state index is 10.7. The van der Waals surface area contributed by atoms with E-state index >= 15 is 0 Å². The molecule has 0 atom stereocenters. The number of rotatable bonds is 4. The van der Waals surface area contributed by atoms with E-state index in [9.17, 15) is 4.79 Å². The fraction of sp³-hybridized carbons (Fsp3) is 0.231. The summed E-state index contributed by atoms with van der Waals surface area (Å²) in [6, 6.07) is 5.40. The van der Waals surface area contributed by atoms with Gasteiger partial charge in [-0.15, -0.1) is 0 Å². The van der Waals surface area contributed by atoms with Gasteiger partial charge < -0.3 is 5.73 Å². The number of primary amides is 1. The van der Waals surface area contributed by atoms with Crippen molar-refractivity contribution < 1.29 is 4.79 Å². The molecule has 0 aliphatic rings. The van der Waals surface area contributed by atoms with E-state index in [1.165, 1.54) is 0 Å². The van der Waals surface area contributed by atoms with Gasteiger partial charge in [0, 0.05) is 23.0 Å². The highest BCUT2D eigenvalue weighted by atomic mass is 35.5. The fourth-order valence-electron chi connectivity index (χ4n) is 1.80. The number of pyridine rings is 1. The minimum Gasteiger partial charge on any atom is -0.370 e. The molecule has 0 aliphatic carbocycles. The van der Waals surface area contributed by atoms with Crippen LogP contribution in [0.4, 0.5) is 0 Å². The van der Waals surface area contributed by atoms with Gasteiger partial charge in [-0.3, -0.25) is 9.78 Å². The molecule has 0 bridgehead atoms. The Morgan fingerprint density at radius 3 is 2.83 bits per heavy atom. The predicted octanol–water partition coefficient (Wildman–Crippen LogP) is 3.35. The maximum absolute atomic E-state index is 10.7. The Labute approximate surface area is 115 Å². The van der Waals surface area contributed by atoms with Gasteiger partial charge in [0.2, 0.25) is 5.91 Å². The third kappa shape index (κ3) is 2.92. The number of nitrogens with zero attached hydrogens (tertiary/aromatic N) is 1. The van der Waals surface area contributed by atoms with E-state index in [1.54, 1.807) is 18.3 Å². The van der Waals surface area contributed by atoms with Crippen LogP contribution in [0.15, 0.2) is 24.4 Å². The average Bonchev–Trinajstić information content (AvgIpc) is 2.32. The summed E-state index contributed by atoms with van der Waals surface area (Å²) in [5.74, 6) is -0.303. The molecule has 1 aromatic carbocycles. The zero-order valence-electron chi connectivity index (χ0n) is 9.62. The number of aromatic nitrogens is 1. The molecule has 1 heterocycles. The lowest BCUT2D eigenvalue weighted by Crippen LogP contribution is -2.10. The smallest absolute Gasteiger partial charge is 0.217 e. The molecule has 3 nitrogen and oxygen atoms in total. The average molecular weight is 283 g/mol. The number of aryl methyl sites for hydroxylation is 1. The van der Waals surface area contributed by atoms with Gasteiger partial charge in [-0.1, -0.05) is 23.2 Å². The molecule has 1 aromatic heterocycles. The quantitative estimate of drug-likeness (QED) is 0.935. The first-order chi connectivity index (χ1) is 8.58. The monoisotopic (exact) mass is 282 g/mol. The van der Waals surface area contributed by atoms with Crippen LogP contribution in [-0.4, -0.2) is 10.9 Å². The largest absolute Gasteiger partial charge is 0.370 e. The van der Waals surface area contributed by atoms with Crippen molar-refractivity contribution in [1.29, 1.82) is 0 Å². The number of amides is 1. The van der Waals surface area contributed by atoms with Crippen molar-refractivity contribution >= 4 is 40.0 Å². The number of fused-ring (bicyclic) bond motifs is 1. The Morgan fingerprint density at radius 2 is 2.11 bits per heavy atom. The fourth-order valence-corrected chi connectivity index (χ4v) is 2.27. The van der Waals surface area contributed by atoms with Gasteiger partial charge in [0.05, 0.1) is 10.5 Å². The molecule has 0 aliphatic heterocycles.